The molecule has 2 aromatic rings. The highest BCUT2D eigenvalue weighted by molar-refractivity contribution is 9.10. The monoisotopic (exact) mass is 314 g/mol. The van der Waals surface area contributed by atoms with Crippen molar-refractivity contribution in [2.75, 3.05) is 0 Å². The van der Waals surface area contributed by atoms with E-state index in [9.17, 15) is 8.78 Å². The summed E-state index contributed by atoms with van der Waals surface area (Å²) >= 11 is 3.07. The highest BCUT2D eigenvalue weighted by Crippen LogP contribution is 2.29. The van der Waals surface area contributed by atoms with Crippen molar-refractivity contribution < 1.29 is 13.5 Å². The van der Waals surface area contributed by atoms with Crippen LogP contribution in [0.3, 0.4) is 0 Å². The molecule has 0 spiro atoms. The highest BCUT2D eigenvalue weighted by Gasteiger charge is 2.14. The topological polar surface area (TPSA) is 35.0 Å². The first-order valence-electron chi connectivity index (χ1n) is 5.10. The SMILES string of the molecule is Cc1cnc(C)c(Oc2cc(Br)cc(F)c2F)n1. The van der Waals surface area contributed by atoms with Crippen molar-refractivity contribution in [3.8, 4) is 11.6 Å². The van der Waals surface area contributed by atoms with Crippen LogP contribution in [0.5, 0.6) is 11.6 Å². The maximum absolute atomic E-state index is 13.5. The molecule has 0 radical (unpaired) electrons. The second-order valence-electron chi connectivity index (χ2n) is 3.70. The Bertz CT molecular complexity index is 605. The fraction of sp³-hybridized carbons (Fsp3) is 0.167. The molecule has 0 amide bonds. The summed E-state index contributed by atoms with van der Waals surface area (Å²) in [5, 5.41) is 0. The molecule has 0 unspecified atom stereocenters. The second-order valence-corrected chi connectivity index (χ2v) is 4.62. The summed E-state index contributed by atoms with van der Waals surface area (Å²) in [6.45, 7) is 3.41. The number of nitrogens with zero attached hydrogens (tertiary/aromatic N) is 2. The molecule has 0 atom stereocenters. The van der Waals surface area contributed by atoms with Gasteiger partial charge < -0.3 is 4.74 Å². The van der Waals surface area contributed by atoms with Crippen LogP contribution in [-0.2, 0) is 0 Å². The number of hydrogen-bond acceptors (Lipinski definition) is 3. The molecule has 1 aromatic heterocycles. The van der Waals surface area contributed by atoms with Crippen LogP contribution in [0, 0.1) is 25.5 Å². The van der Waals surface area contributed by atoms with Gasteiger partial charge in [-0.05, 0) is 26.0 Å². The molecule has 94 valence electrons. The van der Waals surface area contributed by atoms with E-state index in [0.717, 1.165) is 6.07 Å². The van der Waals surface area contributed by atoms with E-state index in [1.165, 1.54) is 6.07 Å². The van der Waals surface area contributed by atoms with Crippen molar-refractivity contribution in [2.24, 2.45) is 0 Å². The Hall–Kier alpha value is -1.56. The first-order valence-corrected chi connectivity index (χ1v) is 5.89. The molecule has 1 aromatic carbocycles. The van der Waals surface area contributed by atoms with Gasteiger partial charge in [0.2, 0.25) is 11.7 Å². The molecule has 0 bridgehead atoms. The summed E-state index contributed by atoms with van der Waals surface area (Å²) in [6.07, 6.45) is 1.57. The van der Waals surface area contributed by atoms with Gasteiger partial charge in [-0.3, -0.25) is 4.98 Å². The number of ether oxygens (including phenoxy) is 1. The molecule has 6 heteroatoms. The van der Waals surface area contributed by atoms with Crippen LogP contribution in [0.2, 0.25) is 0 Å². The van der Waals surface area contributed by atoms with Gasteiger partial charge in [-0.2, -0.15) is 4.39 Å². The third-order valence-electron chi connectivity index (χ3n) is 2.20. The molecule has 2 rings (SSSR count). The van der Waals surface area contributed by atoms with Gasteiger partial charge in [0, 0.05) is 10.7 Å². The fourth-order valence-electron chi connectivity index (χ4n) is 1.32. The largest absolute Gasteiger partial charge is 0.434 e. The van der Waals surface area contributed by atoms with E-state index in [1.807, 2.05) is 0 Å². The van der Waals surface area contributed by atoms with Gasteiger partial charge in [0.25, 0.3) is 0 Å². The van der Waals surface area contributed by atoms with E-state index >= 15 is 0 Å². The molecule has 0 saturated heterocycles. The smallest absolute Gasteiger partial charge is 0.241 e. The number of rotatable bonds is 2. The third kappa shape index (κ3) is 2.64. The Morgan fingerprint density at radius 1 is 1.22 bits per heavy atom. The summed E-state index contributed by atoms with van der Waals surface area (Å²) < 4.78 is 32.4. The molecule has 3 nitrogen and oxygen atoms in total. The Morgan fingerprint density at radius 2 is 1.94 bits per heavy atom. The third-order valence-corrected chi connectivity index (χ3v) is 2.66. The number of halogens is 3. The van der Waals surface area contributed by atoms with Gasteiger partial charge >= 0.3 is 0 Å². The van der Waals surface area contributed by atoms with Crippen molar-refractivity contribution in [3.63, 3.8) is 0 Å². The van der Waals surface area contributed by atoms with Crippen LogP contribution in [0.15, 0.2) is 22.8 Å². The zero-order valence-corrected chi connectivity index (χ0v) is 11.3. The lowest BCUT2D eigenvalue weighted by atomic mass is 10.3. The van der Waals surface area contributed by atoms with Crippen molar-refractivity contribution in [1.29, 1.82) is 0 Å². The zero-order valence-electron chi connectivity index (χ0n) is 9.67. The predicted molar refractivity (Wildman–Crippen MR) is 65.6 cm³/mol. The standard InChI is InChI=1S/C12H9BrF2N2O/c1-6-5-16-7(2)12(17-6)18-10-4-8(13)3-9(14)11(10)15/h3-5H,1-2H3. The lowest BCUT2D eigenvalue weighted by molar-refractivity contribution is 0.400. The van der Waals surface area contributed by atoms with E-state index < -0.39 is 11.6 Å². The molecular weight excluding hydrogens is 306 g/mol. The number of benzene rings is 1. The summed E-state index contributed by atoms with van der Waals surface area (Å²) in [6, 6.07) is 2.36. The normalized spacial score (nSPS) is 10.5. The van der Waals surface area contributed by atoms with E-state index in [4.69, 9.17) is 4.74 Å². The van der Waals surface area contributed by atoms with Crippen molar-refractivity contribution in [2.45, 2.75) is 13.8 Å². The molecule has 0 aliphatic rings. The molecule has 0 aliphatic heterocycles. The summed E-state index contributed by atoms with van der Waals surface area (Å²) in [4.78, 5) is 8.11. The quantitative estimate of drug-likeness (QED) is 0.788. The Balaban J connectivity index is 2.43. The lowest BCUT2D eigenvalue weighted by Gasteiger charge is -2.09. The molecule has 18 heavy (non-hydrogen) atoms. The molecule has 1 heterocycles. The maximum atomic E-state index is 13.5. The summed E-state index contributed by atoms with van der Waals surface area (Å²) in [5.41, 5.74) is 1.13. The van der Waals surface area contributed by atoms with E-state index in [1.54, 1.807) is 20.0 Å². The van der Waals surface area contributed by atoms with Crippen LogP contribution in [-0.4, -0.2) is 9.97 Å². The van der Waals surface area contributed by atoms with E-state index in [2.05, 4.69) is 25.9 Å². The van der Waals surface area contributed by atoms with Gasteiger partial charge in [0.1, 0.15) is 0 Å². The van der Waals surface area contributed by atoms with Crippen molar-refractivity contribution in [3.05, 3.63) is 45.8 Å². The molecule has 0 saturated carbocycles. The van der Waals surface area contributed by atoms with Gasteiger partial charge in [0.15, 0.2) is 11.6 Å². The van der Waals surface area contributed by atoms with Gasteiger partial charge in [-0.25, -0.2) is 9.37 Å². The Morgan fingerprint density at radius 3 is 2.67 bits per heavy atom. The lowest BCUT2D eigenvalue weighted by Crippen LogP contribution is -1.98. The first-order chi connectivity index (χ1) is 8.47. The minimum absolute atomic E-state index is 0.159. The van der Waals surface area contributed by atoms with Crippen LogP contribution in [0.1, 0.15) is 11.4 Å². The van der Waals surface area contributed by atoms with Crippen LogP contribution < -0.4 is 4.74 Å². The maximum Gasteiger partial charge on any atom is 0.241 e. The summed E-state index contributed by atoms with van der Waals surface area (Å²) in [5.74, 6) is -2.12. The van der Waals surface area contributed by atoms with Crippen LogP contribution in [0.25, 0.3) is 0 Å². The molecule has 0 fully saturated rings. The number of hydrogen-bond donors (Lipinski definition) is 0. The highest BCUT2D eigenvalue weighted by atomic mass is 79.9. The first kappa shape index (κ1) is 12.9. The Labute approximate surface area is 111 Å². The minimum Gasteiger partial charge on any atom is -0.434 e. The molecular formula is C12H9BrF2N2O. The fourth-order valence-corrected chi connectivity index (χ4v) is 1.73. The average Bonchev–Trinajstić information content (AvgIpc) is 2.30. The van der Waals surface area contributed by atoms with Gasteiger partial charge in [-0.15, -0.1) is 0 Å². The molecule has 0 N–H and O–H groups in total. The minimum atomic E-state index is -1.05. The van der Waals surface area contributed by atoms with Gasteiger partial charge in [0.05, 0.1) is 11.4 Å². The number of aromatic nitrogens is 2. The van der Waals surface area contributed by atoms with Crippen LogP contribution >= 0.6 is 15.9 Å². The van der Waals surface area contributed by atoms with Gasteiger partial charge in [-0.1, -0.05) is 15.9 Å². The predicted octanol–water partition coefficient (Wildman–Crippen LogP) is 3.93. The van der Waals surface area contributed by atoms with E-state index in [0.29, 0.717) is 15.9 Å². The number of aryl methyl sites for hydroxylation is 2. The van der Waals surface area contributed by atoms with E-state index in [-0.39, 0.29) is 11.6 Å². The van der Waals surface area contributed by atoms with Crippen molar-refractivity contribution >= 4 is 15.9 Å². The molecule has 0 aliphatic carbocycles. The van der Waals surface area contributed by atoms with Crippen molar-refractivity contribution in [1.82, 2.24) is 9.97 Å². The zero-order chi connectivity index (χ0) is 13.3. The average molecular weight is 315 g/mol. The Kier molecular flexibility index (Phi) is 3.56. The second kappa shape index (κ2) is 4.97. The van der Waals surface area contributed by atoms with Crippen LogP contribution in [0.4, 0.5) is 8.78 Å². The summed E-state index contributed by atoms with van der Waals surface area (Å²) in [7, 11) is 0.